The average Bonchev–Trinajstić information content (AvgIpc) is 2.82. The molecule has 1 aromatic carbocycles. The smallest absolute Gasteiger partial charge is 0.116 e. The third-order valence-electron chi connectivity index (χ3n) is 2.96. The van der Waals surface area contributed by atoms with E-state index in [4.69, 9.17) is 0 Å². The molecule has 1 fully saturated rings. The number of benzene rings is 1. The maximum Gasteiger partial charge on any atom is 0.116 e. The van der Waals surface area contributed by atoms with Crippen molar-refractivity contribution in [1.82, 2.24) is 15.1 Å². The number of fused-ring (bicyclic) bond motifs is 1. The summed E-state index contributed by atoms with van der Waals surface area (Å²) in [6, 6.07) is 5.84. The van der Waals surface area contributed by atoms with Crippen LogP contribution in [0.4, 0.5) is 0 Å². The van der Waals surface area contributed by atoms with Gasteiger partial charge in [0.15, 0.2) is 0 Å². The Morgan fingerprint density at radius 3 is 3.20 bits per heavy atom. The molecule has 2 aromatic rings. The molecular formula is C11H13N3O. The van der Waals surface area contributed by atoms with Crippen molar-refractivity contribution < 1.29 is 5.11 Å². The van der Waals surface area contributed by atoms with E-state index in [1.165, 1.54) is 0 Å². The van der Waals surface area contributed by atoms with E-state index in [2.05, 4.69) is 15.1 Å². The van der Waals surface area contributed by atoms with E-state index in [0.29, 0.717) is 11.8 Å². The zero-order chi connectivity index (χ0) is 10.3. The zero-order valence-corrected chi connectivity index (χ0v) is 8.35. The van der Waals surface area contributed by atoms with Crippen LogP contribution < -0.4 is 5.32 Å². The van der Waals surface area contributed by atoms with Crippen LogP contribution in [0.25, 0.3) is 10.9 Å². The van der Waals surface area contributed by atoms with Crippen LogP contribution in [0.2, 0.25) is 0 Å². The highest BCUT2D eigenvalue weighted by molar-refractivity contribution is 5.80. The van der Waals surface area contributed by atoms with Crippen LogP contribution in [0.5, 0.6) is 5.75 Å². The van der Waals surface area contributed by atoms with E-state index in [1.807, 2.05) is 12.3 Å². The molecule has 1 saturated heterocycles. The lowest BCUT2D eigenvalue weighted by molar-refractivity contribution is 0.476. The molecule has 2 heterocycles. The zero-order valence-electron chi connectivity index (χ0n) is 8.35. The Labute approximate surface area is 87.5 Å². The quantitative estimate of drug-likeness (QED) is 0.734. The van der Waals surface area contributed by atoms with E-state index < -0.39 is 0 Å². The largest absolute Gasteiger partial charge is 0.508 e. The predicted octanol–water partition coefficient (Wildman–Crippen LogP) is 1.28. The van der Waals surface area contributed by atoms with Crippen LogP contribution in [0, 0.1) is 0 Å². The van der Waals surface area contributed by atoms with Gasteiger partial charge in [0, 0.05) is 11.9 Å². The van der Waals surface area contributed by atoms with Gasteiger partial charge in [-0.05, 0) is 31.2 Å². The Bertz CT molecular complexity index is 486. The van der Waals surface area contributed by atoms with Crippen LogP contribution in [0.3, 0.4) is 0 Å². The normalized spacial score (nSPS) is 21.2. The molecule has 0 saturated carbocycles. The molecule has 1 unspecified atom stereocenters. The van der Waals surface area contributed by atoms with Crippen LogP contribution >= 0.6 is 0 Å². The minimum absolute atomic E-state index is 0.298. The van der Waals surface area contributed by atoms with Gasteiger partial charge in [0.1, 0.15) is 5.75 Å². The lowest BCUT2D eigenvalue weighted by atomic mass is 10.2. The van der Waals surface area contributed by atoms with Crippen molar-refractivity contribution in [2.75, 3.05) is 13.1 Å². The minimum atomic E-state index is 0.298. The molecule has 0 bridgehead atoms. The highest BCUT2D eigenvalue weighted by Crippen LogP contribution is 2.24. The summed E-state index contributed by atoms with van der Waals surface area (Å²) < 4.78 is 2.05. The Kier molecular flexibility index (Phi) is 1.89. The summed E-state index contributed by atoms with van der Waals surface area (Å²) in [5.74, 6) is 0.298. The summed E-state index contributed by atoms with van der Waals surface area (Å²) in [4.78, 5) is 0. The number of phenols is 1. The molecule has 0 spiro atoms. The topological polar surface area (TPSA) is 50.1 Å². The minimum Gasteiger partial charge on any atom is -0.508 e. The standard InChI is InChI=1S/C11H13N3O/c15-10-1-2-11-8(5-10)6-13-14(11)9-3-4-12-7-9/h1-2,5-6,9,12,15H,3-4,7H2. The number of aromatic nitrogens is 2. The monoisotopic (exact) mass is 203 g/mol. The molecular weight excluding hydrogens is 190 g/mol. The highest BCUT2D eigenvalue weighted by atomic mass is 16.3. The molecule has 4 nitrogen and oxygen atoms in total. The molecule has 1 aliphatic rings. The summed E-state index contributed by atoms with van der Waals surface area (Å²) in [5, 5.41) is 18.1. The van der Waals surface area contributed by atoms with E-state index in [-0.39, 0.29) is 0 Å². The van der Waals surface area contributed by atoms with E-state index in [0.717, 1.165) is 30.4 Å². The highest BCUT2D eigenvalue weighted by Gasteiger charge is 2.18. The second-order valence-corrected chi connectivity index (χ2v) is 3.98. The van der Waals surface area contributed by atoms with Crippen molar-refractivity contribution >= 4 is 10.9 Å². The summed E-state index contributed by atoms with van der Waals surface area (Å²) in [5.41, 5.74) is 1.10. The summed E-state index contributed by atoms with van der Waals surface area (Å²) in [6.07, 6.45) is 2.94. The van der Waals surface area contributed by atoms with Gasteiger partial charge >= 0.3 is 0 Å². The molecule has 78 valence electrons. The Balaban J connectivity index is 2.11. The fraction of sp³-hybridized carbons (Fsp3) is 0.364. The molecule has 3 rings (SSSR count). The third kappa shape index (κ3) is 1.37. The molecule has 0 aliphatic carbocycles. The Morgan fingerprint density at radius 2 is 2.40 bits per heavy atom. The van der Waals surface area contributed by atoms with Crippen LogP contribution in [0.1, 0.15) is 12.5 Å². The van der Waals surface area contributed by atoms with Gasteiger partial charge in [0.05, 0.1) is 17.8 Å². The molecule has 15 heavy (non-hydrogen) atoms. The first-order valence-electron chi connectivity index (χ1n) is 5.21. The molecule has 1 atom stereocenters. The maximum atomic E-state index is 9.36. The Hall–Kier alpha value is -1.55. The number of rotatable bonds is 1. The number of phenolic OH excluding ortho intramolecular Hbond substituents is 1. The van der Waals surface area contributed by atoms with Crippen molar-refractivity contribution in [2.45, 2.75) is 12.5 Å². The number of nitrogens with zero attached hydrogens (tertiary/aromatic N) is 2. The molecule has 4 heteroatoms. The number of hydrogen-bond donors (Lipinski definition) is 2. The lowest BCUT2D eigenvalue weighted by Crippen LogP contribution is -2.14. The van der Waals surface area contributed by atoms with Gasteiger partial charge in [-0.15, -0.1) is 0 Å². The van der Waals surface area contributed by atoms with Crippen molar-refractivity contribution in [3.8, 4) is 5.75 Å². The predicted molar refractivity (Wildman–Crippen MR) is 57.9 cm³/mol. The first-order chi connectivity index (χ1) is 7.34. The second kappa shape index (κ2) is 3.24. The van der Waals surface area contributed by atoms with Crippen LogP contribution in [-0.4, -0.2) is 28.0 Å². The van der Waals surface area contributed by atoms with Gasteiger partial charge in [-0.25, -0.2) is 0 Å². The molecule has 1 aromatic heterocycles. The molecule has 0 radical (unpaired) electrons. The van der Waals surface area contributed by atoms with Gasteiger partial charge in [0.25, 0.3) is 0 Å². The number of aromatic hydroxyl groups is 1. The fourth-order valence-electron chi connectivity index (χ4n) is 2.18. The van der Waals surface area contributed by atoms with Gasteiger partial charge < -0.3 is 10.4 Å². The van der Waals surface area contributed by atoms with Crippen molar-refractivity contribution in [3.05, 3.63) is 24.4 Å². The van der Waals surface area contributed by atoms with Gasteiger partial charge in [-0.2, -0.15) is 5.10 Å². The summed E-state index contributed by atoms with van der Waals surface area (Å²) in [7, 11) is 0. The molecule has 0 amide bonds. The fourth-order valence-corrected chi connectivity index (χ4v) is 2.18. The lowest BCUT2D eigenvalue weighted by Gasteiger charge is -2.10. The second-order valence-electron chi connectivity index (χ2n) is 3.98. The molecule has 1 aliphatic heterocycles. The first kappa shape index (κ1) is 8.73. The summed E-state index contributed by atoms with van der Waals surface area (Å²) in [6.45, 7) is 2.04. The average molecular weight is 203 g/mol. The van der Waals surface area contributed by atoms with Crippen LogP contribution in [0.15, 0.2) is 24.4 Å². The van der Waals surface area contributed by atoms with Gasteiger partial charge in [0.2, 0.25) is 0 Å². The first-order valence-corrected chi connectivity index (χ1v) is 5.21. The maximum absolute atomic E-state index is 9.36. The molecule has 2 N–H and O–H groups in total. The van der Waals surface area contributed by atoms with Crippen molar-refractivity contribution in [2.24, 2.45) is 0 Å². The summed E-state index contributed by atoms with van der Waals surface area (Å²) >= 11 is 0. The van der Waals surface area contributed by atoms with Crippen molar-refractivity contribution in [3.63, 3.8) is 0 Å². The van der Waals surface area contributed by atoms with E-state index in [9.17, 15) is 5.11 Å². The SMILES string of the molecule is Oc1ccc2c(cnn2C2CCNC2)c1. The van der Waals surface area contributed by atoms with E-state index in [1.54, 1.807) is 12.1 Å². The number of hydrogen-bond acceptors (Lipinski definition) is 3. The van der Waals surface area contributed by atoms with Gasteiger partial charge in [-0.3, -0.25) is 4.68 Å². The number of nitrogens with one attached hydrogen (secondary N) is 1. The third-order valence-corrected chi connectivity index (χ3v) is 2.96. The van der Waals surface area contributed by atoms with Crippen LogP contribution in [-0.2, 0) is 0 Å². The van der Waals surface area contributed by atoms with E-state index >= 15 is 0 Å². The van der Waals surface area contributed by atoms with Gasteiger partial charge in [-0.1, -0.05) is 0 Å². The Morgan fingerprint density at radius 1 is 1.47 bits per heavy atom. The van der Waals surface area contributed by atoms with Crippen molar-refractivity contribution in [1.29, 1.82) is 0 Å².